The Morgan fingerprint density at radius 2 is 2.03 bits per heavy atom. The molecule has 9 nitrogen and oxygen atoms in total. The number of piperidine rings is 1. The van der Waals surface area contributed by atoms with Crippen LogP contribution in [0.3, 0.4) is 0 Å². The number of fused-ring (bicyclic) bond motifs is 2. The van der Waals surface area contributed by atoms with Crippen LogP contribution in [0.2, 0.25) is 5.02 Å². The molecule has 5 rings (SSSR count). The summed E-state index contributed by atoms with van der Waals surface area (Å²) in [6.07, 6.45) is 12.6. The Hall–Kier alpha value is -2.65. The van der Waals surface area contributed by atoms with E-state index in [-0.39, 0.29) is 29.7 Å². The highest BCUT2D eigenvalue weighted by atomic mass is 35.5. The van der Waals surface area contributed by atoms with Gasteiger partial charge in [0.2, 0.25) is 11.9 Å². The van der Waals surface area contributed by atoms with Gasteiger partial charge in [0.1, 0.15) is 5.02 Å². The molecule has 0 spiro atoms. The molecule has 4 atom stereocenters. The molecule has 1 saturated heterocycles. The Labute approximate surface area is 179 Å². The van der Waals surface area contributed by atoms with Gasteiger partial charge in [-0.15, -0.1) is 0 Å². The summed E-state index contributed by atoms with van der Waals surface area (Å²) in [6.45, 7) is 2.01. The summed E-state index contributed by atoms with van der Waals surface area (Å²) >= 11 is 6.34. The lowest BCUT2D eigenvalue weighted by atomic mass is 9.88. The van der Waals surface area contributed by atoms with Gasteiger partial charge in [-0.2, -0.15) is 10.1 Å². The van der Waals surface area contributed by atoms with Crippen LogP contribution in [0.25, 0.3) is 0 Å². The van der Waals surface area contributed by atoms with E-state index in [9.17, 15) is 4.79 Å². The van der Waals surface area contributed by atoms with Gasteiger partial charge in [-0.3, -0.25) is 9.48 Å². The molecular weight excluding hydrogens is 404 g/mol. The Morgan fingerprint density at radius 3 is 2.83 bits per heavy atom. The van der Waals surface area contributed by atoms with Crippen molar-refractivity contribution in [2.24, 2.45) is 23.5 Å². The van der Waals surface area contributed by atoms with E-state index in [1.807, 2.05) is 10.9 Å². The topological polar surface area (TPSA) is 123 Å². The highest BCUT2D eigenvalue weighted by Gasteiger charge is 2.47. The standard InChI is InChI=1S/C20H25ClN8O/c21-15-9-24-20(26-13-8-25-29(10-13)14-3-5-23-6-4-14)28-19(15)27-17-12-2-1-11(7-12)16(17)18(22)30/h1-2,8-12,14,16-17,23H,3-7H2,(H2,22,30)(H2,24,26,27,28)/t11-,12-,16-,17+/m0/s1. The second kappa shape index (κ2) is 7.88. The van der Waals surface area contributed by atoms with Gasteiger partial charge in [0.25, 0.3) is 0 Å². The van der Waals surface area contributed by atoms with Crippen LogP contribution in [0.5, 0.6) is 0 Å². The third kappa shape index (κ3) is 3.63. The number of nitrogens with two attached hydrogens (primary N) is 1. The zero-order valence-electron chi connectivity index (χ0n) is 16.5. The number of halogens is 1. The number of amides is 1. The van der Waals surface area contributed by atoms with Crippen molar-refractivity contribution in [2.45, 2.75) is 31.3 Å². The van der Waals surface area contributed by atoms with Crippen LogP contribution in [-0.4, -0.2) is 44.8 Å². The van der Waals surface area contributed by atoms with E-state index in [1.54, 1.807) is 12.4 Å². The van der Waals surface area contributed by atoms with Gasteiger partial charge in [0.15, 0.2) is 5.82 Å². The van der Waals surface area contributed by atoms with Gasteiger partial charge >= 0.3 is 0 Å². The van der Waals surface area contributed by atoms with E-state index >= 15 is 0 Å². The predicted molar refractivity (Wildman–Crippen MR) is 115 cm³/mol. The average Bonchev–Trinajstić information content (AvgIpc) is 3.47. The molecule has 5 N–H and O–H groups in total. The normalized spacial score (nSPS) is 28.0. The maximum atomic E-state index is 12.0. The van der Waals surface area contributed by atoms with Crippen LogP contribution < -0.4 is 21.7 Å². The van der Waals surface area contributed by atoms with Crippen molar-refractivity contribution in [1.29, 1.82) is 0 Å². The lowest BCUT2D eigenvalue weighted by molar-refractivity contribution is -0.122. The highest BCUT2D eigenvalue weighted by Crippen LogP contribution is 2.45. The molecule has 1 amide bonds. The Morgan fingerprint density at radius 1 is 1.23 bits per heavy atom. The molecule has 10 heteroatoms. The quantitative estimate of drug-likeness (QED) is 0.519. The van der Waals surface area contributed by atoms with E-state index in [0.717, 1.165) is 38.0 Å². The van der Waals surface area contributed by atoms with Crippen LogP contribution >= 0.6 is 11.6 Å². The second-order valence-corrected chi connectivity index (χ2v) is 8.66. The molecule has 1 saturated carbocycles. The minimum absolute atomic E-state index is 0.111. The van der Waals surface area contributed by atoms with Crippen LogP contribution in [0.1, 0.15) is 25.3 Å². The van der Waals surface area contributed by atoms with Gasteiger partial charge in [0, 0.05) is 12.2 Å². The van der Waals surface area contributed by atoms with E-state index in [4.69, 9.17) is 17.3 Å². The minimum Gasteiger partial charge on any atom is -0.369 e. The van der Waals surface area contributed by atoms with Crippen molar-refractivity contribution in [3.8, 4) is 0 Å². The number of nitrogens with zero attached hydrogens (tertiary/aromatic N) is 4. The fourth-order valence-corrected chi connectivity index (χ4v) is 5.04. The Bertz CT molecular complexity index is 969. The summed E-state index contributed by atoms with van der Waals surface area (Å²) in [4.78, 5) is 20.8. The molecular formula is C20H25ClN8O. The maximum absolute atomic E-state index is 12.0. The van der Waals surface area contributed by atoms with Gasteiger partial charge in [0.05, 0.1) is 30.0 Å². The van der Waals surface area contributed by atoms with Gasteiger partial charge in [-0.05, 0) is 44.2 Å². The summed E-state index contributed by atoms with van der Waals surface area (Å²) < 4.78 is 2.00. The van der Waals surface area contributed by atoms with E-state index in [2.05, 4.69) is 43.2 Å². The smallest absolute Gasteiger partial charge is 0.229 e. The second-order valence-electron chi connectivity index (χ2n) is 8.25. The number of rotatable bonds is 6. The van der Waals surface area contributed by atoms with E-state index < -0.39 is 0 Å². The number of carbonyl (C=O) groups is 1. The molecule has 3 aliphatic rings. The monoisotopic (exact) mass is 428 g/mol. The Balaban J connectivity index is 1.31. The minimum atomic E-state index is -0.293. The van der Waals surface area contributed by atoms with Crippen LogP contribution in [0.4, 0.5) is 17.5 Å². The zero-order chi connectivity index (χ0) is 20.7. The lowest BCUT2D eigenvalue weighted by Crippen LogP contribution is -2.41. The molecule has 2 aromatic rings. The van der Waals surface area contributed by atoms with E-state index in [0.29, 0.717) is 22.8 Å². The molecule has 0 unspecified atom stereocenters. The first-order valence-corrected chi connectivity index (χ1v) is 10.7. The first-order chi connectivity index (χ1) is 14.6. The third-order valence-corrected chi connectivity index (χ3v) is 6.65. The molecule has 0 radical (unpaired) electrons. The predicted octanol–water partition coefficient (Wildman–Crippen LogP) is 2.08. The number of hydrogen-bond donors (Lipinski definition) is 4. The molecule has 30 heavy (non-hydrogen) atoms. The van der Waals surface area contributed by atoms with Crippen molar-refractivity contribution in [1.82, 2.24) is 25.1 Å². The largest absolute Gasteiger partial charge is 0.369 e. The highest BCUT2D eigenvalue weighted by molar-refractivity contribution is 6.32. The number of anilines is 3. The van der Waals surface area contributed by atoms with Gasteiger partial charge in [-0.1, -0.05) is 23.8 Å². The summed E-state index contributed by atoms with van der Waals surface area (Å²) in [5.74, 6) is 0.796. The number of primary amides is 1. The number of hydrogen-bond acceptors (Lipinski definition) is 7. The first-order valence-electron chi connectivity index (χ1n) is 10.4. The SMILES string of the molecule is NC(=O)[C@@H]1[C@H](Nc2nc(Nc3cnn(C4CCNCC4)c3)ncc2Cl)[C@H]2C=C[C@H]1C2. The number of carbonyl (C=O) groups excluding carboxylic acids is 1. The molecule has 0 aromatic carbocycles. The molecule has 2 aromatic heterocycles. The molecule has 3 heterocycles. The fraction of sp³-hybridized carbons (Fsp3) is 0.500. The molecule has 1 aliphatic heterocycles. The molecule has 2 aliphatic carbocycles. The number of nitrogens with one attached hydrogen (secondary N) is 3. The lowest BCUT2D eigenvalue weighted by Gasteiger charge is -2.27. The zero-order valence-corrected chi connectivity index (χ0v) is 17.2. The summed E-state index contributed by atoms with van der Waals surface area (Å²) in [5.41, 5.74) is 6.48. The van der Waals surface area contributed by atoms with E-state index in [1.165, 1.54) is 0 Å². The average molecular weight is 429 g/mol. The van der Waals surface area contributed by atoms with Crippen molar-refractivity contribution in [3.05, 3.63) is 35.8 Å². The maximum Gasteiger partial charge on any atom is 0.229 e. The van der Waals surface area contributed by atoms with Crippen molar-refractivity contribution in [3.63, 3.8) is 0 Å². The van der Waals surface area contributed by atoms with Crippen LogP contribution in [0.15, 0.2) is 30.7 Å². The number of aromatic nitrogens is 4. The summed E-state index contributed by atoms with van der Waals surface area (Å²) in [5, 5.41) is 14.8. The van der Waals surface area contributed by atoms with Gasteiger partial charge < -0.3 is 21.7 Å². The fourth-order valence-electron chi connectivity index (χ4n) is 4.90. The van der Waals surface area contributed by atoms with Crippen molar-refractivity contribution in [2.75, 3.05) is 23.7 Å². The Kier molecular flexibility index (Phi) is 5.08. The number of allylic oxidation sites excluding steroid dienone is 1. The third-order valence-electron chi connectivity index (χ3n) is 6.38. The molecule has 2 bridgehead atoms. The van der Waals surface area contributed by atoms with Crippen molar-refractivity contribution >= 4 is 35.0 Å². The molecule has 158 valence electrons. The van der Waals surface area contributed by atoms with Crippen LogP contribution in [0, 0.1) is 17.8 Å². The summed E-state index contributed by atoms with van der Waals surface area (Å²) in [6, 6.07) is 0.294. The molecule has 2 fully saturated rings. The van der Waals surface area contributed by atoms with Gasteiger partial charge in [-0.25, -0.2) is 4.98 Å². The summed E-state index contributed by atoms with van der Waals surface area (Å²) in [7, 11) is 0. The van der Waals surface area contributed by atoms with Crippen molar-refractivity contribution < 1.29 is 4.79 Å². The van der Waals surface area contributed by atoms with Crippen LogP contribution in [-0.2, 0) is 4.79 Å². The first kappa shape index (κ1) is 19.3.